The summed E-state index contributed by atoms with van der Waals surface area (Å²) in [5.41, 5.74) is 3.60. The third kappa shape index (κ3) is 7.43. The predicted octanol–water partition coefficient (Wildman–Crippen LogP) is 3.53. The molecule has 1 aliphatic heterocycles. The fourth-order valence-corrected chi connectivity index (χ4v) is 14.0. The molecule has 0 saturated carbocycles. The van der Waals surface area contributed by atoms with Gasteiger partial charge in [0.1, 0.15) is 19.6 Å². The van der Waals surface area contributed by atoms with E-state index in [0.29, 0.717) is 86.0 Å². The molecule has 0 radical (unpaired) electrons. The van der Waals surface area contributed by atoms with Gasteiger partial charge >= 0.3 is 0 Å². The van der Waals surface area contributed by atoms with Crippen LogP contribution in [0, 0.1) is 0 Å². The molecule has 0 amide bonds. The average Bonchev–Trinajstić information content (AvgIpc) is 3.98. The minimum atomic E-state index is -4.60. The number of hydrogen-bond acceptors (Lipinski definition) is 12. The van der Waals surface area contributed by atoms with Crippen molar-refractivity contribution in [3.63, 3.8) is 0 Å². The van der Waals surface area contributed by atoms with Gasteiger partial charge in [0.05, 0.1) is 0 Å². The maximum Gasteiger partial charge on any atom is 0.295 e. The second-order valence-electron chi connectivity index (χ2n) is 13.1. The number of rotatable bonds is 8. The second kappa shape index (κ2) is 14.3. The van der Waals surface area contributed by atoms with Gasteiger partial charge in [-0.15, -0.1) is 45.3 Å². The first kappa shape index (κ1) is 40.4. The van der Waals surface area contributed by atoms with Crippen molar-refractivity contribution in [1.82, 2.24) is 19.9 Å². The van der Waals surface area contributed by atoms with Crippen molar-refractivity contribution in [3.05, 3.63) is 158 Å². The van der Waals surface area contributed by atoms with Crippen LogP contribution in [0.2, 0.25) is 0 Å². The van der Waals surface area contributed by atoms with Crippen molar-refractivity contribution in [2.45, 2.75) is 19.6 Å². The van der Waals surface area contributed by atoms with E-state index in [1.54, 1.807) is 48.5 Å². The molecular formula is C36H24N4O12S8. The Morgan fingerprint density at radius 3 is 0.733 bits per heavy atom. The maximum absolute atomic E-state index is 12.2. The van der Waals surface area contributed by atoms with Crippen LogP contribution in [-0.4, -0.2) is 71.8 Å². The highest BCUT2D eigenvalue weighted by molar-refractivity contribution is 7.86. The first-order valence-electron chi connectivity index (χ1n) is 16.7. The summed E-state index contributed by atoms with van der Waals surface area (Å²) in [4.78, 5) is 13.8. The van der Waals surface area contributed by atoms with E-state index in [2.05, 4.69) is 19.9 Å². The zero-order valence-corrected chi connectivity index (χ0v) is 36.1. The number of aromatic amines is 4. The van der Waals surface area contributed by atoms with Gasteiger partial charge in [0, 0.05) is 107 Å². The SMILES string of the molecule is O=S(=O)(O)c1csc(C2=c3ccc([nH]3)=C(c3cc(S(=O)(=O)O)cs3)c3ccc([nH]3)C(c3cc(S(=O)(=O)O)cs3)=c3ccc([nH]3)=C(c3cc(S(=O)(=O)O)cs3)c3ccc2[nH]3)c1. The molecule has 9 rings (SSSR count). The Kier molecular flexibility index (Phi) is 9.65. The minimum absolute atomic E-state index is 0.341. The van der Waals surface area contributed by atoms with Crippen LogP contribution in [0.15, 0.2) is 114 Å². The summed E-state index contributed by atoms with van der Waals surface area (Å²) >= 11 is 4.15. The second-order valence-corrected chi connectivity index (χ2v) is 22.5. The molecule has 8 bridgehead atoms. The lowest BCUT2D eigenvalue weighted by molar-refractivity contribution is 0.481. The fraction of sp³-hybridized carbons (Fsp3) is 0. The van der Waals surface area contributed by atoms with E-state index in [1.165, 1.54) is 45.8 Å². The number of aromatic nitrogens is 4. The highest BCUT2D eigenvalue weighted by atomic mass is 32.2. The topological polar surface area (TPSA) is 281 Å². The molecule has 60 heavy (non-hydrogen) atoms. The van der Waals surface area contributed by atoms with Gasteiger partial charge in [0.25, 0.3) is 40.5 Å². The Balaban J connectivity index is 1.43. The third-order valence-electron chi connectivity index (χ3n) is 9.38. The largest absolute Gasteiger partial charge is 0.354 e. The molecule has 0 spiro atoms. The van der Waals surface area contributed by atoms with E-state index >= 15 is 0 Å². The van der Waals surface area contributed by atoms with Gasteiger partial charge in [-0.3, -0.25) is 18.2 Å². The molecule has 0 fully saturated rings. The lowest BCUT2D eigenvalue weighted by Gasteiger charge is -2.07. The summed E-state index contributed by atoms with van der Waals surface area (Å²) in [7, 11) is -18.4. The van der Waals surface area contributed by atoms with Gasteiger partial charge < -0.3 is 19.9 Å². The standard InChI is InChI=1S/C36H24N4O12S8/c41-57(42,43)17-9-29(53-13-17)33-21-1-2-22(37-21)34(30-10-18(14-54-30)58(44,45)46)24-5-6-26(39-24)36(32-12-20(16-56-32)60(50,51)52)28-8-7-27(40-28)35(25-4-3-23(33)38-25)31-11-19(15-55-31)59(47,48)49/h1-16,37-40H,(H,41,42,43)(H,44,45,46)(H,47,48,49)(H,50,51,52). The van der Waals surface area contributed by atoms with Gasteiger partial charge in [0.2, 0.25) is 0 Å². The molecule has 8 aromatic rings. The van der Waals surface area contributed by atoms with Crippen LogP contribution in [-0.2, 0) is 40.5 Å². The quantitative estimate of drug-likeness (QED) is 0.102. The van der Waals surface area contributed by atoms with E-state index in [0.717, 1.165) is 45.3 Å². The highest BCUT2D eigenvalue weighted by Crippen LogP contribution is 2.35. The van der Waals surface area contributed by atoms with E-state index < -0.39 is 40.5 Å². The van der Waals surface area contributed by atoms with E-state index in [4.69, 9.17) is 0 Å². The van der Waals surface area contributed by atoms with Gasteiger partial charge in [-0.1, -0.05) is 0 Å². The fourth-order valence-electron chi connectivity index (χ4n) is 6.73. The Morgan fingerprint density at radius 2 is 0.550 bits per heavy atom. The van der Waals surface area contributed by atoms with Crippen molar-refractivity contribution in [2.75, 3.05) is 0 Å². The molecular weight excluding hydrogens is 937 g/mol. The molecule has 0 atom stereocenters. The Hall–Kier alpha value is -4.96. The summed E-state index contributed by atoms with van der Waals surface area (Å²) in [6.07, 6.45) is 0. The van der Waals surface area contributed by atoms with Crippen molar-refractivity contribution < 1.29 is 51.9 Å². The summed E-state index contributed by atoms with van der Waals surface area (Å²) in [6.45, 7) is 0. The van der Waals surface area contributed by atoms with Crippen molar-refractivity contribution >= 4 is 108 Å². The molecule has 9 heterocycles. The molecule has 8 N–H and O–H groups in total. The molecule has 8 aromatic heterocycles. The summed E-state index contributed by atoms with van der Waals surface area (Å²) < 4.78 is 137. The molecule has 0 aliphatic carbocycles. The molecule has 0 unspecified atom stereocenters. The molecule has 308 valence electrons. The molecule has 1 aliphatic rings. The lowest BCUT2D eigenvalue weighted by Crippen LogP contribution is -2.18. The van der Waals surface area contributed by atoms with E-state index in [9.17, 15) is 51.9 Å². The van der Waals surface area contributed by atoms with Gasteiger partial charge in [-0.05, 0) is 72.8 Å². The lowest BCUT2D eigenvalue weighted by atomic mass is 10.1. The first-order valence-corrected chi connectivity index (χ1v) is 26.0. The number of fused-ring (bicyclic) bond motifs is 8. The Labute approximate surface area is 354 Å². The zero-order chi connectivity index (χ0) is 42.5. The van der Waals surface area contributed by atoms with Crippen LogP contribution in [0.1, 0.15) is 42.3 Å². The highest BCUT2D eigenvalue weighted by Gasteiger charge is 2.24. The van der Waals surface area contributed by atoms with Crippen LogP contribution in [0.3, 0.4) is 0 Å². The van der Waals surface area contributed by atoms with Crippen molar-refractivity contribution in [1.29, 1.82) is 0 Å². The predicted molar refractivity (Wildman–Crippen MR) is 225 cm³/mol. The van der Waals surface area contributed by atoms with Crippen LogP contribution in [0.5, 0.6) is 0 Å². The average molecular weight is 961 g/mol. The summed E-state index contributed by atoms with van der Waals surface area (Å²) in [5, 5.41) is 6.92. The van der Waals surface area contributed by atoms with E-state index in [-0.39, 0.29) is 19.6 Å². The molecule has 24 heteroatoms. The first-order chi connectivity index (χ1) is 28.2. The maximum atomic E-state index is 12.2. The van der Waals surface area contributed by atoms with Crippen molar-refractivity contribution in [2.24, 2.45) is 0 Å². The molecule has 0 saturated heterocycles. The van der Waals surface area contributed by atoms with Crippen LogP contribution >= 0.6 is 45.3 Å². The number of hydrogen-bond donors (Lipinski definition) is 8. The number of nitrogens with one attached hydrogen (secondary N) is 4. The van der Waals surface area contributed by atoms with Crippen LogP contribution in [0.25, 0.3) is 22.3 Å². The van der Waals surface area contributed by atoms with Crippen LogP contribution < -0.4 is 21.4 Å². The summed E-state index contributed by atoms with van der Waals surface area (Å²) in [6, 6.07) is 19.0. The third-order valence-corrected chi connectivity index (χ3v) is 17.1. The Morgan fingerprint density at radius 1 is 0.333 bits per heavy atom. The smallest absolute Gasteiger partial charge is 0.295 e. The zero-order valence-electron chi connectivity index (χ0n) is 29.6. The monoisotopic (exact) mass is 960 g/mol. The van der Waals surface area contributed by atoms with Crippen molar-refractivity contribution in [3.8, 4) is 0 Å². The van der Waals surface area contributed by atoms with Gasteiger partial charge in [0.15, 0.2) is 0 Å². The Bertz CT molecular complexity index is 3310. The van der Waals surface area contributed by atoms with E-state index in [1.807, 2.05) is 0 Å². The van der Waals surface area contributed by atoms with Gasteiger partial charge in [-0.25, -0.2) is 0 Å². The normalized spacial score (nSPS) is 14.1. The number of H-pyrrole nitrogens is 4. The van der Waals surface area contributed by atoms with Crippen LogP contribution in [0.4, 0.5) is 0 Å². The number of thiophene rings is 4. The molecule has 16 nitrogen and oxygen atoms in total. The molecule has 0 aromatic carbocycles. The summed E-state index contributed by atoms with van der Waals surface area (Å²) in [5.74, 6) is 0. The minimum Gasteiger partial charge on any atom is -0.354 e. The van der Waals surface area contributed by atoms with Gasteiger partial charge in [-0.2, -0.15) is 33.7 Å².